The first-order valence-corrected chi connectivity index (χ1v) is 5.00. The van der Waals surface area contributed by atoms with E-state index in [9.17, 15) is 4.79 Å². The van der Waals surface area contributed by atoms with E-state index in [2.05, 4.69) is 27.0 Å². The Hall–Kier alpha value is -1.21. The highest BCUT2D eigenvalue weighted by atomic mass is 79.9. The van der Waals surface area contributed by atoms with Gasteiger partial charge in [-0.15, -0.1) is 0 Å². The molecule has 0 N–H and O–H groups in total. The summed E-state index contributed by atoms with van der Waals surface area (Å²) in [6.07, 6.45) is 3.94. The summed E-state index contributed by atoms with van der Waals surface area (Å²) >= 11 is 3.34. The summed E-state index contributed by atoms with van der Waals surface area (Å²) < 4.78 is 0.800. The third-order valence-electron chi connectivity index (χ3n) is 2.50. The maximum absolute atomic E-state index is 11.0. The Balaban J connectivity index is 2.45. The Kier molecular flexibility index (Phi) is 2.12. The zero-order valence-corrected chi connectivity index (χ0v) is 8.91. The van der Waals surface area contributed by atoms with Crippen LogP contribution in [0.5, 0.6) is 0 Å². The van der Waals surface area contributed by atoms with E-state index in [1.807, 2.05) is 0 Å². The number of halogens is 1. The van der Waals surface area contributed by atoms with Gasteiger partial charge in [0.05, 0.1) is 11.5 Å². The van der Waals surface area contributed by atoms with Crippen molar-refractivity contribution in [3.8, 4) is 6.07 Å². The summed E-state index contributed by atoms with van der Waals surface area (Å²) in [4.78, 5) is 14.9. The van der Waals surface area contributed by atoms with Gasteiger partial charge in [-0.25, -0.2) is 0 Å². The average molecular weight is 251 g/mol. The van der Waals surface area contributed by atoms with Crippen LogP contribution in [0.1, 0.15) is 18.4 Å². The van der Waals surface area contributed by atoms with Gasteiger partial charge >= 0.3 is 0 Å². The van der Waals surface area contributed by atoms with Crippen LogP contribution in [-0.4, -0.2) is 10.8 Å². The van der Waals surface area contributed by atoms with Gasteiger partial charge in [0.15, 0.2) is 0 Å². The van der Waals surface area contributed by atoms with Gasteiger partial charge in [0.1, 0.15) is 5.78 Å². The van der Waals surface area contributed by atoms with Crippen molar-refractivity contribution in [3.63, 3.8) is 0 Å². The highest BCUT2D eigenvalue weighted by Crippen LogP contribution is 2.43. The second-order valence-electron chi connectivity index (χ2n) is 3.44. The normalized spacial score (nSPS) is 18.4. The number of Topliss-reactive ketones (excluding diaryl/α,β-unsaturated/α-hetero) is 1. The molecule has 0 unspecified atom stereocenters. The second-order valence-corrected chi connectivity index (χ2v) is 4.30. The molecule has 70 valence electrons. The third kappa shape index (κ3) is 1.25. The van der Waals surface area contributed by atoms with Gasteiger partial charge in [0.25, 0.3) is 0 Å². The number of pyridine rings is 1. The van der Waals surface area contributed by atoms with Crippen LogP contribution in [-0.2, 0) is 10.2 Å². The van der Waals surface area contributed by atoms with E-state index in [4.69, 9.17) is 5.26 Å². The molecule has 0 amide bonds. The molecule has 1 aliphatic carbocycles. The molecule has 1 aromatic rings. The average Bonchev–Trinajstić information content (AvgIpc) is 2.14. The van der Waals surface area contributed by atoms with Crippen molar-refractivity contribution in [2.24, 2.45) is 0 Å². The van der Waals surface area contributed by atoms with E-state index < -0.39 is 5.41 Å². The lowest BCUT2D eigenvalue weighted by Gasteiger charge is -2.34. The molecule has 0 bridgehead atoms. The van der Waals surface area contributed by atoms with Gasteiger partial charge in [-0.1, -0.05) is 0 Å². The van der Waals surface area contributed by atoms with Gasteiger partial charge in [-0.2, -0.15) is 5.26 Å². The van der Waals surface area contributed by atoms with E-state index in [1.165, 1.54) is 0 Å². The Labute approximate surface area is 89.9 Å². The van der Waals surface area contributed by atoms with E-state index in [-0.39, 0.29) is 5.78 Å². The minimum atomic E-state index is -0.612. The molecule has 14 heavy (non-hydrogen) atoms. The van der Waals surface area contributed by atoms with Gasteiger partial charge in [0, 0.05) is 29.7 Å². The second kappa shape index (κ2) is 3.18. The lowest BCUT2D eigenvalue weighted by atomic mass is 9.65. The van der Waals surface area contributed by atoms with Crippen LogP contribution in [0.3, 0.4) is 0 Å². The Morgan fingerprint density at radius 1 is 1.57 bits per heavy atom. The van der Waals surface area contributed by atoms with E-state index >= 15 is 0 Å². The van der Waals surface area contributed by atoms with Crippen molar-refractivity contribution in [2.45, 2.75) is 18.3 Å². The van der Waals surface area contributed by atoms with Crippen LogP contribution in [0.25, 0.3) is 0 Å². The number of carbonyl (C=O) groups is 1. The number of carbonyl (C=O) groups excluding carboxylic acids is 1. The monoisotopic (exact) mass is 250 g/mol. The van der Waals surface area contributed by atoms with E-state index in [0.717, 1.165) is 10.0 Å². The van der Waals surface area contributed by atoms with E-state index in [1.54, 1.807) is 18.5 Å². The van der Waals surface area contributed by atoms with Crippen LogP contribution in [0, 0.1) is 11.3 Å². The molecule has 0 aliphatic heterocycles. The predicted molar refractivity (Wildman–Crippen MR) is 53.5 cm³/mol. The predicted octanol–water partition coefficient (Wildman–Crippen LogP) is 1.97. The fourth-order valence-corrected chi connectivity index (χ4v) is 2.34. The van der Waals surface area contributed by atoms with Crippen LogP contribution in [0.4, 0.5) is 0 Å². The first-order chi connectivity index (χ1) is 6.68. The maximum atomic E-state index is 11.0. The molecule has 0 saturated heterocycles. The molecule has 0 spiro atoms. The third-order valence-corrected chi connectivity index (χ3v) is 3.13. The molecule has 1 aromatic heterocycles. The first kappa shape index (κ1) is 9.35. The van der Waals surface area contributed by atoms with Gasteiger partial charge in [-0.05, 0) is 27.6 Å². The molecule has 0 aromatic carbocycles. The molecule has 1 fully saturated rings. The topological polar surface area (TPSA) is 53.8 Å². The summed E-state index contributed by atoms with van der Waals surface area (Å²) in [5.74, 6) is 0.148. The van der Waals surface area contributed by atoms with Gasteiger partial charge < -0.3 is 0 Å². The van der Waals surface area contributed by atoms with Crippen molar-refractivity contribution in [1.29, 1.82) is 5.26 Å². The lowest BCUT2D eigenvalue weighted by molar-refractivity contribution is -0.126. The quantitative estimate of drug-likeness (QED) is 0.766. The van der Waals surface area contributed by atoms with Crippen LogP contribution < -0.4 is 0 Å². The Morgan fingerprint density at radius 2 is 2.29 bits per heavy atom. The molecule has 3 nitrogen and oxygen atoms in total. The van der Waals surface area contributed by atoms with Gasteiger partial charge in [0.2, 0.25) is 0 Å². The van der Waals surface area contributed by atoms with Crippen molar-refractivity contribution in [1.82, 2.24) is 4.98 Å². The number of nitrogens with zero attached hydrogens (tertiary/aromatic N) is 2. The molecular weight excluding hydrogens is 244 g/mol. The fourth-order valence-electron chi connectivity index (χ4n) is 1.71. The van der Waals surface area contributed by atoms with Crippen LogP contribution in [0.2, 0.25) is 0 Å². The maximum Gasteiger partial charge on any atom is 0.136 e. The highest BCUT2D eigenvalue weighted by Gasteiger charge is 2.46. The number of aromatic nitrogens is 1. The van der Waals surface area contributed by atoms with Crippen molar-refractivity contribution in [2.75, 3.05) is 0 Å². The number of rotatable bonds is 1. The molecule has 1 aliphatic rings. The van der Waals surface area contributed by atoms with Crippen LogP contribution in [0.15, 0.2) is 22.9 Å². The summed E-state index contributed by atoms with van der Waals surface area (Å²) in [7, 11) is 0. The van der Waals surface area contributed by atoms with Crippen molar-refractivity contribution < 1.29 is 4.79 Å². The van der Waals surface area contributed by atoms with Gasteiger partial charge in [-0.3, -0.25) is 9.78 Å². The number of hydrogen-bond donors (Lipinski definition) is 0. The minimum Gasteiger partial charge on any atom is -0.300 e. The summed E-state index contributed by atoms with van der Waals surface area (Å²) in [6, 6.07) is 4.02. The molecule has 1 saturated carbocycles. The van der Waals surface area contributed by atoms with Crippen molar-refractivity contribution in [3.05, 3.63) is 28.5 Å². The first-order valence-electron chi connectivity index (χ1n) is 4.21. The van der Waals surface area contributed by atoms with Crippen LogP contribution >= 0.6 is 15.9 Å². The minimum absolute atomic E-state index is 0.148. The SMILES string of the molecule is N#CC1(c2ccncc2Br)CC(=O)C1. The zero-order valence-electron chi connectivity index (χ0n) is 7.33. The number of hydrogen-bond acceptors (Lipinski definition) is 3. The summed E-state index contributed by atoms with van der Waals surface area (Å²) in [6.45, 7) is 0. The largest absolute Gasteiger partial charge is 0.300 e. The molecule has 2 rings (SSSR count). The number of ketones is 1. The standard InChI is InChI=1S/C10H7BrN2O/c11-9-5-13-2-1-8(9)10(6-12)3-7(14)4-10/h1-2,5H,3-4H2. The molecule has 0 radical (unpaired) electrons. The van der Waals surface area contributed by atoms with E-state index in [0.29, 0.717) is 12.8 Å². The molecule has 4 heteroatoms. The fraction of sp³-hybridized carbons (Fsp3) is 0.300. The smallest absolute Gasteiger partial charge is 0.136 e. The van der Waals surface area contributed by atoms with Crippen molar-refractivity contribution >= 4 is 21.7 Å². The summed E-state index contributed by atoms with van der Waals surface area (Å²) in [5.41, 5.74) is 0.258. The molecular formula is C10H7BrN2O. The lowest BCUT2D eigenvalue weighted by Crippen LogP contribution is -2.40. The zero-order chi connectivity index (χ0) is 10.2. The highest BCUT2D eigenvalue weighted by molar-refractivity contribution is 9.10. The molecule has 1 heterocycles. The Morgan fingerprint density at radius 3 is 2.79 bits per heavy atom. The summed E-state index contributed by atoms with van der Waals surface area (Å²) in [5, 5.41) is 9.09. The Bertz CT molecular complexity index is 428. The number of nitriles is 1. The molecule has 0 atom stereocenters.